The third kappa shape index (κ3) is 5.84. The van der Waals surface area contributed by atoms with Crippen molar-refractivity contribution in [2.45, 2.75) is 0 Å². The van der Waals surface area contributed by atoms with Gasteiger partial charge < -0.3 is 14.5 Å². The Morgan fingerprint density at radius 2 is 1.36 bits per heavy atom. The molecular formula is C25H27N3O4S. The molecule has 1 heterocycles. The Morgan fingerprint density at radius 1 is 0.818 bits per heavy atom. The number of anilines is 2. The van der Waals surface area contributed by atoms with E-state index < -0.39 is 10.0 Å². The average Bonchev–Trinajstić information content (AvgIpc) is 2.84. The number of ether oxygens (including phenoxy) is 1. The molecule has 1 fully saturated rings. The normalized spacial score (nSPS) is 14.1. The van der Waals surface area contributed by atoms with Gasteiger partial charge >= 0.3 is 0 Å². The Labute approximate surface area is 194 Å². The van der Waals surface area contributed by atoms with Crippen molar-refractivity contribution in [2.24, 2.45) is 0 Å². The van der Waals surface area contributed by atoms with Crippen LogP contribution in [0.5, 0.6) is 11.5 Å². The van der Waals surface area contributed by atoms with Crippen LogP contribution in [0.3, 0.4) is 0 Å². The van der Waals surface area contributed by atoms with E-state index >= 15 is 0 Å². The fourth-order valence-corrected chi connectivity index (χ4v) is 4.63. The van der Waals surface area contributed by atoms with Gasteiger partial charge in [-0.15, -0.1) is 0 Å². The number of para-hydroxylation sites is 2. The van der Waals surface area contributed by atoms with Crippen LogP contribution < -0.4 is 13.9 Å². The molecule has 3 aromatic carbocycles. The largest absolute Gasteiger partial charge is 0.457 e. The van der Waals surface area contributed by atoms with Crippen molar-refractivity contribution in [3.8, 4) is 11.5 Å². The molecule has 172 valence electrons. The fraction of sp³-hybridized carbons (Fsp3) is 0.240. The van der Waals surface area contributed by atoms with E-state index in [1.165, 1.54) is 0 Å². The van der Waals surface area contributed by atoms with E-state index in [-0.39, 0.29) is 12.5 Å². The van der Waals surface area contributed by atoms with Crippen molar-refractivity contribution in [1.82, 2.24) is 4.90 Å². The highest BCUT2D eigenvalue weighted by Crippen LogP contribution is 2.26. The van der Waals surface area contributed by atoms with E-state index in [0.717, 1.165) is 16.2 Å². The van der Waals surface area contributed by atoms with E-state index in [2.05, 4.69) is 4.90 Å². The SMILES string of the molecule is CS(=O)(=O)N(CC(=O)N1CCN(c2ccccc2)CC1)c1ccc(Oc2ccccc2)cc1. The molecule has 1 amide bonds. The number of carbonyl (C=O) groups excluding carboxylic acids is 1. The van der Waals surface area contributed by atoms with E-state index in [1.54, 1.807) is 29.2 Å². The molecule has 8 heteroatoms. The first-order chi connectivity index (χ1) is 15.9. The highest BCUT2D eigenvalue weighted by atomic mass is 32.2. The molecule has 0 aliphatic carbocycles. The summed E-state index contributed by atoms with van der Waals surface area (Å²) in [5.74, 6) is 1.06. The smallest absolute Gasteiger partial charge is 0.243 e. The Morgan fingerprint density at radius 3 is 1.94 bits per heavy atom. The quantitative estimate of drug-likeness (QED) is 0.533. The summed E-state index contributed by atoms with van der Waals surface area (Å²) in [6, 6.07) is 26.1. The highest BCUT2D eigenvalue weighted by Gasteiger charge is 2.26. The second-order valence-electron chi connectivity index (χ2n) is 7.88. The summed E-state index contributed by atoms with van der Waals surface area (Å²) in [5, 5.41) is 0. The van der Waals surface area contributed by atoms with Crippen molar-refractivity contribution < 1.29 is 17.9 Å². The average molecular weight is 466 g/mol. The van der Waals surface area contributed by atoms with Gasteiger partial charge in [-0.2, -0.15) is 0 Å². The Kier molecular flexibility index (Phi) is 6.84. The van der Waals surface area contributed by atoms with Crippen LogP contribution >= 0.6 is 0 Å². The van der Waals surface area contributed by atoms with Crippen molar-refractivity contribution >= 4 is 27.3 Å². The zero-order chi connectivity index (χ0) is 23.3. The van der Waals surface area contributed by atoms with Gasteiger partial charge in [0.15, 0.2) is 0 Å². The van der Waals surface area contributed by atoms with Gasteiger partial charge in [0.25, 0.3) is 0 Å². The van der Waals surface area contributed by atoms with Crippen molar-refractivity contribution in [2.75, 3.05) is 48.2 Å². The van der Waals surface area contributed by atoms with Crippen LogP contribution in [0.25, 0.3) is 0 Å². The minimum Gasteiger partial charge on any atom is -0.457 e. The lowest BCUT2D eigenvalue weighted by atomic mass is 10.2. The highest BCUT2D eigenvalue weighted by molar-refractivity contribution is 7.92. The maximum Gasteiger partial charge on any atom is 0.243 e. The molecular weight excluding hydrogens is 438 g/mol. The predicted molar refractivity (Wildman–Crippen MR) is 130 cm³/mol. The maximum atomic E-state index is 13.0. The Balaban J connectivity index is 1.40. The molecule has 7 nitrogen and oxygen atoms in total. The molecule has 0 bridgehead atoms. The summed E-state index contributed by atoms with van der Waals surface area (Å²) >= 11 is 0. The van der Waals surface area contributed by atoms with Crippen LogP contribution in [-0.4, -0.2) is 58.2 Å². The topological polar surface area (TPSA) is 70.2 Å². The Bertz CT molecular complexity index is 1160. The number of benzene rings is 3. The summed E-state index contributed by atoms with van der Waals surface area (Å²) in [6.07, 6.45) is 1.11. The van der Waals surface area contributed by atoms with Gasteiger partial charge in [0.2, 0.25) is 15.9 Å². The lowest BCUT2D eigenvalue weighted by Gasteiger charge is -2.37. The molecule has 0 atom stereocenters. The molecule has 0 aromatic heterocycles. The number of carbonyl (C=O) groups is 1. The summed E-state index contributed by atoms with van der Waals surface area (Å²) in [6.45, 7) is 2.29. The molecule has 4 rings (SSSR count). The lowest BCUT2D eigenvalue weighted by Crippen LogP contribution is -2.51. The number of hydrogen-bond donors (Lipinski definition) is 0. The van der Waals surface area contributed by atoms with Gasteiger partial charge in [-0.3, -0.25) is 9.10 Å². The monoisotopic (exact) mass is 465 g/mol. The summed E-state index contributed by atoms with van der Waals surface area (Å²) in [5.41, 5.74) is 1.55. The van der Waals surface area contributed by atoms with E-state index in [1.807, 2.05) is 60.7 Å². The number of sulfonamides is 1. The first-order valence-corrected chi connectivity index (χ1v) is 12.6. The van der Waals surface area contributed by atoms with Crippen LogP contribution in [0, 0.1) is 0 Å². The Hall–Kier alpha value is -3.52. The van der Waals surface area contributed by atoms with Gasteiger partial charge in [-0.25, -0.2) is 8.42 Å². The minimum absolute atomic E-state index is 0.210. The maximum absolute atomic E-state index is 13.0. The third-order valence-corrected chi connectivity index (χ3v) is 6.68. The van der Waals surface area contributed by atoms with E-state index in [9.17, 15) is 13.2 Å². The van der Waals surface area contributed by atoms with Gasteiger partial charge in [0.1, 0.15) is 18.0 Å². The summed E-state index contributed by atoms with van der Waals surface area (Å²) in [7, 11) is -3.64. The zero-order valence-corrected chi connectivity index (χ0v) is 19.3. The number of piperazine rings is 1. The van der Waals surface area contributed by atoms with Crippen molar-refractivity contribution in [1.29, 1.82) is 0 Å². The number of nitrogens with zero attached hydrogens (tertiary/aromatic N) is 3. The van der Waals surface area contributed by atoms with Gasteiger partial charge in [0, 0.05) is 31.9 Å². The second kappa shape index (κ2) is 9.95. The van der Waals surface area contributed by atoms with Crippen molar-refractivity contribution in [3.63, 3.8) is 0 Å². The first-order valence-electron chi connectivity index (χ1n) is 10.8. The third-order valence-electron chi connectivity index (χ3n) is 5.54. The van der Waals surface area contributed by atoms with Crippen LogP contribution in [0.2, 0.25) is 0 Å². The molecule has 0 saturated carbocycles. The summed E-state index contributed by atoms with van der Waals surface area (Å²) in [4.78, 5) is 16.9. The molecule has 33 heavy (non-hydrogen) atoms. The molecule has 1 saturated heterocycles. The van der Waals surface area contributed by atoms with Crippen LogP contribution in [0.4, 0.5) is 11.4 Å². The number of hydrogen-bond acceptors (Lipinski definition) is 5. The molecule has 0 unspecified atom stereocenters. The molecule has 0 radical (unpaired) electrons. The predicted octanol–water partition coefficient (Wildman–Crippen LogP) is 3.59. The zero-order valence-electron chi connectivity index (χ0n) is 18.5. The van der Waals surface area contributed by atoms with E-state index in [4.69, 9.17) is 4.74 Å². The van der Waals surface area contributed by atoms with Gasteiger partial charge in [0.05, 0.1) is 11.9 Å². The lowest BCUT2D eigenvalue weighted by molar-refractivity contribution is -0.129. The number of rotatable bonds is 7. The van der Waals surface area contributed by atoms with Crippen molar-refractivity contribution in [3.05, 3.63) is 84.9 Å². The molecule has 3 aromatic rings. The van der Waals surface area contributed by atoms with Crippen LogP contribution in [0.15, 0.2) is 84.9 Å². The number of amides is 1. The fourth-order valence-electron chi connectivity index (χ4n) is 3.78. The summed E-state index contributed by atoms with van der Waals surface area (Å²) < 4.78 is 31.9. The van der Waals surface area contributed by atoms with E-state index in [0.29, 0.717) is 43.4 Å². The first kappa shape index (κ1) is 22.7. The van der Waals surface area contributed by atoms with Gasteiger partial charge in [-0.05, 0) is 48.5 Å². The van der Waals surface area contributed by atoms with Crippen LogP contribution in [0.1, 0.15) is 0 Å². The standard InChI is InChI=1S/C25H27N3O4S/c1-33(30,31)28(22-12-14-24(15-13-22)32-23-10-6-3-7-11-23)20-25(29)27-18-16-26(17-19-27)21-8-4-2-5-9-21/h2-15H,16-20H2,1H3. The minimum atomic E-state index is -3.64. The molecule has 0 N–H and O–H groups in total. The van der Waals surface area contributed by atoms with Gasteiger partial charge in [-0.1, -0.05) is 36.4 Å². The molecule has 1 aliphatic rings. The molecule has 0 spiro atoms. The molecule has 1 aliphatic heterocycles. The van der Waals surface area contributed by atoms with Crippen LogP contribution in [-0.2, 0) is 14.8 Å². The second-order valence-corrected chi connectivity index (χ2v) is 9.79.